The highest BCUT2D eigenvalue weighted by atomic mass is 32.2. The highest BCUT2D eigenvalue weighted by molar-refractivity contribution is 7.92. The Morgan fingerprint density at radius 2 is 2.00 bits per heavy atom. The summed E-state index contributed by atoms with van der Waals surface area (Å²) in [4.78, 5) is 4.08. The first-order valence-corrected chi connectivity index (χ1v) is 7.98. The molecular weight excluding hydrogens is 304 g/mol. The van der Waals surface area contributed by atoms with E-state index in [-0.39, 0.29) is 4.90 Å². The molecule has 0 unspecified atom stereocenters. The summed E-state index contributed by atoms with van der Waals surface area (Å²) in [7, 11) is -2.33. The molecule has 6 nitrogen and oxygen atoms in total. The number of hydrogen-bond acceptors (Lipinski definition) is 5. The largest absolute Gasteiger partial charge is 0.495 e. The maximum atomic E-state index is 12.6. The van der Waals surface area contributed by atoms with Crippen LogP contribution in [0.2, 0.25) is 0 Å². The molecule has 7 heteroatoms. The van der Waals surface area contributed by atoms with E-state index in [1.807, 2.05) is 6.92 Å². The number of benzene rings is 2. The number of rotatable bonds is 4. The molecule has 0 aliphatic heterocycles. The van der Waals surface area contributed by atoms with Crippen molar-refractivity contribution in [3.63, 3.8) is 0 Å². The molecule has 22 heavy (non-hydrogen) atoms. The molecule has 1 N–H and O–H groups in total. The van der Waals surface area contributed by atoms with Crippen LogP contribution in [0.3, 0.4) is 0 Å². The Morgan fingerprint density at radius 1 is 1.18 bits per heavy atom. The van der Waals surface area contributed by atoms with Crippen LogP contribution in [0.15, 0.2) is 52.1 Å². The highest BCUT2D eigenvalue weighted by Gasteiger charge is 2.20. The van der Waals surface area contributed by atoms with Crippen LogP contribution in [-0.4, -0.2) is 20.5 Å². The van der Waals surface area contributed by atoms with Crippen LogP contribution < -0.4 is 9.46 Å². The van der Waals surface area contributed by atoms with Crippen molar-refractivity contribution in [2.75, 3.05) is 11.8 Å². The van der Waals surface area contributed by atoms with Crippen molar-refractivity contribution in [3.8, 4) is 5.75 Å². The van der Waals surface area contributed by atoms with Gasteiger partial charge in [0.15, 0.2) is 12.0 Å². The van der Waals surface area contributed by atoms with Gasteiger partial charge in [0, 0.05) is 6.07 Å². The van der Waals surface area contributed by atoms with Crippen LogP contribution in [-0.2, 0) is 10.0 Å². The summed E-state index contributed by atoms with van der Waals surface area (Å²) in [5.74, 6) is 0.291. The Kier molecular flexibility index (Phi) is 3.50. The monoisotopic (exact) mass is 318 g/mol. The lowest BCUT2D eigenvalue weighted by molar-refractivity contribution is 0.402. The molecule has 0 amide bonds. The van der Waals surface area contributed by atoms with Gasteiger partial charge in [-0.25, -0.2) is 13.4 Å². The molecule has 2 aromatic carbocycles. The lowest BCUT2D eigenvalue weighted by atomic mass is 10.2. The number of methoxy groups -OCH3 is 1. The SMILES string of the molecule is COc1ccc(C)cc1S(=O)(=O)Nc1ccc2ncoc2c1. The highest BCUT2D eigenvalue weighted by Crippen LogP contribution is 2.27. The van der Waals surface area contributed by atoms with Gasteiger partial charge in [0.05, 0.1) is 12.8 Å². The fourth-order valence-corrected chi connectivity index (χ4v) is 3.43. The lowest BCUT2D eigenvalue weighted by Gasteiger charge is -2.12. The van der Waals surface area contributed by atoms with Crippen molar-refractivity contribution in [1.82, 2.24) is 4.98 Å². The van der Waals surface area contributed by atoms with Crippen LogP contribution in [0.1, 0.15) is 5.56 Å². The smallest absolute Gasteiger partial charge is 0.265 e. The van der Waals surface area contributed by atoms with E-state index >= 15 is 0 Å². The lowest BCUT2D eigenvalue weighted by Crippen LogP contribution is -2.14. The molecule has 0 aliphatic rings. The van der Waals surface area contributed by atoms with Gasteiger partial charge >= 0.3 is 0 Å². The average molecular weight is 318 g/mol. The molecule has 0 radical (unpaired) electrons. The van der Waals surface area contributed by atoms with Crippen LogP contribution in [0.4, 0.5) is 5.69 Å². The molecule has 1 aromatic heterocycles. The van der Waals surface area contributed by atoms with E-state index in [1.54, 1.807) is 36.4 Å². The fourth-order valence-electron chi connectivity index (χ4n) is 2.12. The number of aromatic nitrogens is 1. The molecule has 3 rings (SSSR count). The summed E-state index contributed by atoms with van der Waals surface area (Å²) in [6.45, 7) is 1.82. The van der Waals surface area contributed by atoms with E-state index in [0.717, 1.165) is 5.56 Å². The fraction of sp³-hybridized carbons (Fsp3) is 0.133. The number of oxazole rings is 1. The zero-order chi connectivity index (χ0) is 15.7. The molecule has 1 heterocycles. The Balaban J connectivity index is 2.01. The van der Waals surface area contributed by atoms with Crippen LogP contribution in [0.25, 0.3) is 11.1 Å². The quantitative estimate of drug-likeness (QED) is 0.800. The van der Waals surface area contributed by atoms with Crippen molar-refractivity contribution in [3.05, 3.63) is 48.4 Å². The average Bonchev–Trinajstić information content (AvgIpc) is 2.94. The third kappa shape index (κ3) is 2.62. The predicted octanol–water partition coefficient (Wildman–Crippen LogP) is 2.95. The minimum absolute atomic E-state index is 0.0904. The maximum Gasteiger partial charge on any atom is 0.265 e. The van der Waals surface area contributed by atoms with Gasteiger partial charge in [-0.05, 0) is 36.8 Å². The number of hydrogen-bond donors (Lipinski definition) is 1. The summed E-state index contributed by atoms with van der Waals surface area (Å²) < 4.78 is 38.0. The second-order valence-corrected chi connectivity index (χ2v) is 6.45. The molecule has 0 spiro atoms. The third-order valence-electron chi connectivity index (χ3n) is 3.19. The number of ether oxygens (including phenoxy) is 1. The van der Waals surface area contributed by atoms with Crippen molar-refractivity contribution in [2.45, 2.75) is 11.8 Å². The second-order valence-electron chi connectivity index (χ2n) is 4.79. The zero-order valence-corrected chi connectivity index (χ0v) is 12.8. The molecule has 0 bridgehead atoms. The molecule has 0 atom stereocenters. The predicted molar refractivity (Wildman–Crippen MR) is 82.5 cm³/mol. The Bertz CT molecular complexity index is 932. The van der Waals surface area contributed by atoms with Crippen LogP contribution in [0.5, 0.6) is 5.75 Å². The Hall–Kier alpha value is -2.54. The number of sulfonamides is 1. The van der Waals surface area contributed by atoms with E-state index < -0.39 is 10.0 Å². The molecule has 0 saturated carbocycles. The van der Waals surface area contributed by atoms with E-state index in [0.29, 0.717) is 22.5 Å². The molecular formula is C15H14N2O4S. The van der Waals surface area contributed by atoms with Crippen molar-refractivity contribution in [2.24, 2.45) is 0 Å². The summed E-state index contributed by atoms with van der Waals surface area (Å²) in [6, 6.07) is 9.88. The summed E-state index contributed by atoms with van der Waals surface area (Å²) in [6.07, 6.45) is 1.31. The number of nitrogens with zero attached hydrogens (tertiary/aromatic N) is 1. The minimum Gasteiger partial charge on any atom is -0.495 e. The zero-order valence-electron chi connectivity index (χ0n) is 12.0. The summed E-state index contributed by atoms with van der Waals surface area (Å²) in [5.41, 5.74) is 2.40. The number of aryl methyl sites for hydroxylation is 1. The first-order valence-electron chi connectivity index (χ1n) is 6.50. The number of fused-ring (bicyclic) bond motifs is 1. The van der Waals surface area contributed by atoms with Crippen molar-refractivity contribution >= 4 is 26.8 Å². The van der Waals surface area contributed by atoms with E-state index in [2.05, 4.69) is 9.71 Å². The molecule has 0 aliphatic carbocycles. The van der Waals surface area contributed by atoms with Gasteiger partial charge in [0.2, 0.25) is 0 Å². The number of nitrogens with one attached hydrogen (secondary N) is 1. The molecule has 0 fully saturated rings. The van der Waals surface area contributed by atoms with E-state index in [4.69, 9.17) is 9.15 Å². The van der Waals surface area contributed by atoms with E-state index in [9.17, 15) is 8.42 Å². The van der Waals surface area contributed by atoms with Gasteiger partial charge in [-0.3, -0.25) is 4.72 Å². The molecule has 0 saturated heterocycles. The van der Waals surface area contributed by atoms with Gasteiger partial charge < -0.3 is 9.15 Å². The molecule has 114 valence electrons. The summed E-state index contributed by atoms with van der Waals surface area (Å²) in [5, 5.41) is 0. The first-order chi connectivity index (χ1) is 10.5. The normalized spacial score (nSPS) is 11.5. The van der Waals surface area contributed by atoms with Gasteiger partial charge in [0.1, 0.15) is 16.2 Å². The van der Waals surface area contributed by atoms with Crippen LogP contribution >= 0.6 is 0 Å². The summed E-state index contributed by atoms with van der Waals surface area (Å²) >= 11 is 0. The van der Waals surface area contributed by atoms with Crippen molar-refractivity contribution in [1.29, 1.82) is 0 Å². The van der Waals surface area contributed by atoms with Crippen molar-refractivity contribution < 1.29 is 17.6 Å². The Morgan fingerprint density at radius 3 is 2.77 bits per heavy atom. The topological polar surface area (TPSA) is 81.4 Å². The number of anilines is 1. The third-order valence-corrected chi connectivity index (χ3v) is 4.59. The first kappa shape index (κ1) is 14.4. The van der Waals surface area contributed by atoms with Gasteiger partial charge in [0.25, 0.3) is 10.0 Å². The molecule has 3 aromatic rings. The standard InChI is InChI=1S/C15H14N2O4S/c1-10-3-6-13(20-2)15(7-10)22(18,19)17-11-4-5-12-14(8-11)21-9-16-12/h3-9,17H,1-2H3. The Labute approximate surface area is 127 Å². The van der Waals surface area contributed by atoms with Gasteiger partial charge in [-0.1, -0.05) is 6.07 Å². The van der Waals surface area contributed by atoms with E-state index in [1.165, 1.54) is 13.5 Å². The minimum atomic E-state index is -3.77. The van der Waals surface area contributed by atoms with Crippen LogP contribution in [0, 0.1) is 6.92 Å². The second kappa shape index (κ2) is 5.34. The van der Waals surface area contributed by atoms with Gasteiger partial charge in [-0.15, -0.1) is 0 Å². The maximum absolute atomic E-state index is 12.6. The van der Waals surface area contributed by atoms with Gasteiger partial charge in [-0.2, -0.15) is 0 Å².